The number of benzene rings is 2. The fourth-order valence-electron chi connectivity index (χ4n) is 21.1. The van der Waals surface area contributed by atoms with Crippen LogP contribution in [0.1, 0.15) is 288 Å². The average Bonchev–Trinajstić information content (AvgIpc) is 1.07. The van der Waals surface area contributed by atoms with E-state index in [0.717, 1.165) is 208 Å². The van der Waals surface area contributed by atoms with Crippen molar-refractivity contribution < 1.29 is 30.0 Å². The van der Waals surface area contributed by atoms with Gasteiger partial charge in [0, 0.05) is 134 Å². The van der Waals surface area contributed by atoms with Gasteiger partial charge in [-0.2, -0.15) is 15.2 Å². The van der Waals surface area contributed by atoms with Crippen LogP contribution in [-0.4, -0.2) is 171 Å². The van der Waals surface area contributed by atoms with Crippen LogP contribution in [0.2, 0.25) is 0 Å². The van der Waals surface area contributed by atoms with E-state index < -0.39 is 0 Å². The van der Waals surface area contributed by atoms with E-state index in [1.54, 1.807) is 31.0 Å². The van der Waals surface area contributed by atoms with Gasteiger partial charge in [0.05, 0.1) is 94.3 Å². The van der Waals surface area contributed by atoms with Crippen molar-refractivity contribution in [3.63, 3.8) is 0 Å². The van der Waals surface area contributed by atoms with Gasteiger partial charge >= 0.3 is 0 Å². The quantitative estimate of drug-likeness (QED) is 0.0174. The number of aryl methyl sites for hydroxylation is 5. The Labute approximate surface area is 874 Å². The number of nitrogens with zero attached hydrogens (tertiary/aromatic N) is 15. The second kappa shape index (κ2) is 50.7. The number of allylic oxidation sites excluding steroid dienone is 1. The summed E-state index contributed by atoms with van der Waals surface area (Å²) in [7, 11) is 0. The lowest BCUT2D eigenvalue weighted by molar-refractivity contribution is -0.119. The molecule has 18 rings (SSSR count). The van der Waals surface area contributed by atoms with Crippen LogP contribution in [0.5, 0.6) is 5.88 Å². The summed E-state index contributed by atoms with van der Waals surface area (Å²) in [6, 6.07) is 37.5. The Bertz CT molecular complexity index is 6640. The summed E-state index contributed by atoms with van der Waals surface area (Å²) < 4.78 is 5.47. The number of terminal acetylenes is 4. The summed E-state index contributed by atoms with van der Waals surface area (Å²) in [6.07, 6.45) is 57.6. The Morgan fingerprint density at radius 3 is 1.57 bits per heavy atom. The third kappa shape index (κ3) is 29.3. The van der Waals surface area contributed by atoms with E-state index >= 15 is 0 Å². The number of rotatable bonds is 32. The Morgan fingerprint density at radius 2 is 1.00 bits per heavy atom. The number of anilines is 7. The van der Waals surface area contributed by atoms with Crippen LogP contribution >= 0.6 is 0 Å². The first-order valence-electron chi connectivity index (χ1n) is 52.8. The Balaban J connectivity index is 0.000000146. The van der Waals surface area contributed by atoms with Crippen LogP contribution in [0.4, 0.5) is 41.1 Å². The van der Waals surface area contributed by atoms with Gasteiger partial charge in [-0.15, -0.1) is 25.7 Å². The molecular weight excluding hydrogens is 1850 g/mol. The van der Waals surface area contributed by atoms with Crippen molar-refractivity contribution in [1.82, 2.24) is 69.8 Å². The fraction of sp³-hybridized carbons (Fsp3) is 0.483. The van der Waals surface area contributed by atoms with E-state index in [1.165, 1.54) is 36.0 Å². The van der Waals surface area contributed by atoms with Crippen molar-refractivity contribution in [2.24, 2.45) is 38.9 Å². The van der Waals surface area contributed by atoms with Gasteiger partial charge < -0.3 is 62.4 Å². The number of aliphatic hydroxyl groups is 4. The number of aromatic nitrogens is 14. The third-order valence-corrected chi connectivity index (χ3v) is 31.0. The SMILES string of the molecule is C#Cc1cnc(CCCc2cccc(OCC)n2)nc1N[C@@H]1CC[C@H](O)C(C)(C)C1.C#Cc1cnc(CCCc2cccnc2C)nc1N[C@@H]1CC[C@H](O)C(C)(C)C1.C#Cc1cnc(NCCC2=CCc3cccnc32)nc1N[C@@H]1CC[C@H](O)C(C)(C)C1.C#Cc1cnc(NCCC2C(=O)Cc3ccccc32)nc1N[C@@H]1C[C@H](O)C1(C)C.C[C@H]1CC[C@@H](Cc2nc(NCCc3ccc4ccccc4n3)ncc2C#N)CC1(C)C. The van der Waals surface area contributed by atoms with Crippen LogP contribution in [0.25, 0.3) is 16.5 Å². The number of hydrogen-bond donors (Lipinski definition) is 11. The molecule has 148 heavy (non-hydrogen) atoms. The molecule has 7 aliphatic rings. The highest BCUT2D eigenvalue weighted by atomic mass is 16.5. The molecule has 11 N–H and O–H groups in total. The maximum absolute atomic E-state index is 12.3. The van der Waals surface area contributed by atoms with Gasteiger partial charge in [-0.05, 0) is 240 Å². The Hall–Kier alpha value is -13.9. The van der Waals surface area contributed by atoms with E-state index in [9.17, 15) is 30.5 Å². The zero-order valence-corrected chi connectivity index (χ0v) is 88.4. The fourth-order valence-corrected chi connectivity index (χ4v) is 21.1. The highest BCUT2D eigenvalue weighted by Crippen LogP contribution is 2.47. The predicted octanol–water partition coefficient (Wildman–Crippen LogP) is 19.4. The van der Waals surface area contributed by atoms with Crippen molar-refractivity contribution in [2.75, 3.05) is 63.5 Å². The highest BCUT2D eigenvalue weighted by Gasteiger charge is 2.48. The van der Waals surface area contributed by atoms with Gasteiger partial charge in [0.25, 0.3) is 0 Å². The van der Waals surface area contributed by atoms with E-state index in [2.05, 4.69) is 216 Å². The smallest absolute Gasteiger partial charge is 0.224 e. The van der Waals surface area contributed by atoms with E-state index in [-0.39, 0.29) is 81.9 Å². The number of carbonyl (C=O) groups excluding carboxylic acids is 1. The molecular formula is C120H148N22O6. The number of pyridine rings is 4. The topological polar surface area (TPSA) is 396 Å². The number of fused-ring (bicyclic) bond motifs is 3. The number of ketones is 1. The summed E-state index contributed by atoms with van der Waals surface area (Å²) in [4.78, 5) is 75.7. The lowest BCUT2D eigenvalue weighted by Crippen LogP contribution is -2.57. The molecule has 11 aromatic rings. The molecule has 774 valence electrons. The number of para-hydroxylation sites is 1. The third-order valence-electron chi connectivity index (χ3n) is 31.0. The molecule has 28 nitrogen and oxygen atoms in total. The molecule has 11 atom stereocenters. The minimum Gasteiger partial charge on any atom is -0.478 e. The van der Waals surface area contributed by atoms with Gasteiger partial charge in [0.1, 0.15) is 46.8 Å². The molecule has 0 amide bonds. The monoisotopic (exact) mass is 1990 g/mol. The number of aliphatic hydroxyl groups excluding tert-OH is 4. The summed E-state index contributed by atoms with van der Waals surface area (Å²) in [6.45, 7) is 30.4. The molecule has 5 fully saturated rings. The van der Waals surface area contributed by atoms with E-state index in [1.807, 2.05) is 113 Å². The number of hydrogen-bond acceptors (Lipinski definition) is 28. The van der Waals surface area contributed by atoms with Crippen LogP contribution in [-0.2, 0) is 56.2 Å². The van der Waals surface area contributed by atoms with Crippen molar-refractivity contribution in [2.45, 2.75) is 305 Å². The molecule has 0 saturated heterocycles. The molecule has 28 heteroatoms. The zero-order chi connectivity index (χ0) is 105. The number of nitrogens with one attached hydrogen (secondary N) is 7. The first kappa shape index (κ1) is 110. The molecule has 0 radical (unpaired) electrons. The van der Waals surface area contributed by atoms with Crippen molar-refractivity contribution >= 4 is 63.4 Å². The minimum absolute atomic E-state index is 0.0708. The maximum Gasteiger partial charge on any atom is 0.224 e. The molecule has 7 aliphatic carbocycles. The van der Waals surface area contributed by atoms with Crippen molar-refractivity contribution in [1.29, 1.82) is 5.26 Å². The predicted molar refractivity (Wildman–Crippen MR) is 588 cm³/mol. The summed E-state index contributed by atoms with van der Waals surface area (Å²) in [5.41, 5.74) is 15.2. The van der Waals surface area contributed by atoms with Crippen molar-refractivity contribution in [3.05, 3.63) is 243 Å². The van der Waals surface area contributed by atoms with Crippen LogP contribution in [0.3, 0.4) is 0 Å². The largest absolute Gasteiger partial charge is 0.478 e. The lowest BCUT2D eigenvalue weighted by Gasteiger charge is -2.49. The van der Waals surface area contributed by atoms with Gasteiger partial charge in [0.15, 0.2) is 0 Å². The van der Waals surface area contributed by atoms with Crippen molar-refractivity contribution in [3.8, 4) is 61.3 Å². The van der Waals surface area contributed by atoms with E-state index in [4.69, 9.17) is 50.4 Å². The van der Waals surface area contributed by atoms with Crippen LogP contribution in [0, 0.1) is 107 Å². The molecule has 5 saturated carbocycles. The molecule has 0 spiro atoms. The van der Waals surface area contributed by atoms with Gasteiger partial charge in [-0.1, -0.05) is 173 Å². The molecule has 9 aromatic heterocycles. The summed E-state index contributed by atoms with van der Waals surface area (Å²) in [5, 5.41) is 75.0. The molecule has 0 bridgehead atoms. The Morgan fingerprint density at radius 1 is 0.473 bits per heavy atom. The van der Waals surface area contributed by atoms with E-state index in [0.29, 0.717) is 113 Å². The second-order valence-electron chi connectivity index (χ2n) is 43.9. The summed E-state index contributed by atoms with van der Waals surface area (Å²) in [5.74, 6) is 18.8. The molecule has 2 aromatic carbocycles. The number of carbonyl (C=O) groups is 1. The van der Waals surface area contributed by atoms with Gasteiger partial charge in [-0.3, -0.25) is 19.7 Å². The molecule has 0 aliphatic heterocycles. The van der Waals surface area contributed by atoms with Crippen LogP contribution < -0.4 is 42.0 Å². The average molecular weight is 1990 g/mol. The zero-order valence-electron chi connectivity index (χ0n) is 88.4. The lowest BCUT2D eigenvalue weighted by atomic mass is 9.64. The first-order chi connectivity index (χ1) is 71.1. The standard InChI is InChI=1S/C26H31N5.C24H29N5O.C24H32N4O2.C23H26N4O2.C23H30N4O/c1-18-8-9-19(15-26(18,2)3)14-24-21(16-27)17-29-25(31-24)28-13-12-22-11-10-20-6-4-5-7-23(20)30-22;1-4-16-15-27-23(26-13-11-18-8-7-17-6-5-12-25-21(17)18)29-22(16)28-19-9-10-20(30)24(2,3)14-19;1-5-17-16-25-21(11-7-9-18-10-8-12-22(26-18)30-6-2)28-23(17)27-19-13-14-20(29)24(3,4)15-19;1-4-14-13-25-22(27-21(14)26-19-12-20(29)23(19,2)3)24-10-9-17-16-8-6-5-7-15(16)11-18(17)28;1-5-17-15-25-21(10-6-8-18-9-7-13-24-16(18)2)27-22(17)26-19-11-12-20(28)23(3,4)14-19/h4-7,10-11,17-19H,8-9,12-15H2,1-3H3,(H,28,29,31);1,5-6,8,12,15,19-20,30H,7,9-11,13-14H2,2-3H3,(H2,26,27,28,29);1,8,10,12,16,19-20,29H,6-7,9,11,13-15H2,2-4H3,(H,25,27,28);1,5-8,13,17,19-20,29H,9-12H2,2-3H3,(H2,24,25,26,27);1,7,9,13,15,19-20,28H,6,8,10-12,14H2,2-4H3,(H,25,26,27)/t18-,19-;2*19-,20+;17?,19-,20+;19-,20+/m01111/s1. The van der Waals surface area contributed by atoms with Gasteiger partial charge in [0.2, 0.25) is 23.7 Å². The number of nitriles is 1. The van der Waals surface area contributed by atoms with Gasteiger partial charge in [-0.25, -0.2) is 44.9 Å². The van der Waals surface area contributed by atoms with Crippen LogP contribution in [0.15, 0.2) is 153 Å². The Kier molecular flexibility index (Phi) is 37.6. The second-order valence-corrected chi connectivity index (χ2v) is 43.9. The molecule has 1 unspecified atom stereocenters. The number of Topliss-reactive ketones (excluding diaryl/α,β-unsaturated/α-hetero) is 1. The number of ether oxygens (including phenoxy) is 1. The highest BCUT2D eigenvalue weighted by molar-refractivity contribution is 5.92. The normalized spacial score (nSPS) is 21.6. The molecule has 9 heterocycles. The summed E-state index contributed by atoms with van der Waals surface area (Å²) >= 11 is 0. The minimum atomic E-state index is -0.333. The first-order valence-corrected chi connectivity index (χ1v) is 52.8. The maximum atomic E-state index is 12.3.